The second-order valence-electron chi connectivity index (χ2n) is 3.91. The van der Waals surface area contributed by atoms with Crippen molar-refractivity contribution in [3.05, 3.63) is 29.8 Å². The predicted octanol–water partition coefficient (Wildman–Crippen LogP) is 0.515. The smallest absolute Gasteiger partial charge is 0.335 e. The van der Waals surface area contributed by atoms with Crippen LogP contribution in [0.15, 0.2) is 24.3 Å². The molecule has 1 rings (SSSR count). The Morgan fingerprint density at radius 3 is 2.21 bits per heavy atom. The zero-order chi connectivity index (χ0) is 14.4. The average Bonchev–Trinajstić information content (AvgIpc) is 2.36. The molecule has 0 unspecified atom stereocenters. The number of nitrogens with two attached hydrogens (primary N) is 1. The molecule has 7 nitrogen and oxygen atoms in total. The van der Waals surface area contributed by atoms with E-state index < -0.39 is 18.0 Å². The fourth-order valence-electron chi connectivity index (χ4n) is 1.33. The van der Waals surface area contributed by atoms with E-state index in [0.717, 1.165) is 0 Å². The summed E-state index contributed by atoms with van der Waals surface area (Å²) in [5.41, 5.74) is 5.83. The summed E-state index contributed by atoms with van der Waals surface area (Å²) in [6, 6.07) is 4.57. The van der Waals surface area contributed by atoms with Crippen LogP contribution in [0.4, 0.5) is 5.69 Å². The highest BCUT2D eigenvalue weighted by molar-refractivity contribution is 5.92. The number of hydrogen-bond acceptors (Lipinski definition) is 4. The zero-order valence-corrected chi connectivity index (χ0v) is 10.00. The normalized spacial score (nSPS) is 11.6. The molecule has 5 N–H and O–H groups in total. The van der Waals surface area contributed by atoms with E-state index in [1.54, 1.807) is 0 Å². The maximum Gasteiger partial charge on any atom is 0.335 e. The van der Waals surface area contributed by atoms with Crippen molar-refractivity contribution in [2.75, 3.05) is 5.32 Å². The van der Waals surface area contributed by atoms with Crippen molar-refractivity contribution in [3.63, 3.8) is 0 Å². The monoisotopic (exact) mass is 266 g/mol. The maximum absolute atomic E-state index is 11.5. The van der Waals surface area contributed by atoms with Crippen LogP contribution in [0.2, 0.25) is 0 Å². The minimum Gasteiger partial charge on any atom is -0.480 e. The number of anilines is 1. The van der Waals surface area contributed by atoms with Crippen LogP contribution in [0.25, 0.3) is 0 Å². The van der Waals surface area contributed by atoms with E-state index in [4.69, 9.17) is 15.9 Å². The van der Waals surface area contributed by atoms with Gasteiger partial charge in [0.25, 0.3) is 0 Å². The number of carboxylic acid groups (broad SMARTS) is 2. The van der Waals surface area contributed by atoms with Gasteiger partial charge in [-0.15, -0.1) is 0 Å². The van der Waals surface area contributed by atoms with Crippen LogP contribution in [0, 0.1) is 0 Å². The van der Waals surface area contributed by atoms with Gasteiger partial charge in [0.05, 0.1) is 5.56 Å². The average molecular weight is 266 g/mol. The lowest BCUT2D eigenvalue weighted by Gasteiger charge is -2.07. The third kappa shape index (κ3) is 4.76. The highest BCUT2D eigenvalue weighted by Gasteiger charge is 2.13. The summed E-state index contributed by atoms with van der Waals surface area (Å²) in [5.74, 6) is -2.58. The molecule has 0 aliphatic carbocycles. The molecular weight excluding hydrogens is 252 g/mol. The number of aliphatic carboxylic acids is 1. The molecule has 102 valence electrons. The third-order valence-electron chi connectivity index (χ3n) is 2.42. The summed E-state index contributed by atoms with van der Waals surface area (Å²) in [6.45, 7) is 0. The third-order valence-corrected chi connectivity index (χ3v) is 2.42. The van der Waals surface area contributed by atoms with E-state index in [2.05, 4.69) is 5.32 Å². The lowest BCUT2D eigenvalue weighted by molar-refractivity contribution is -0.138. The van der Waals surface area contributed by atoms with Crippen molar-refractivity contribution in [3.8, 4) is 0 Å². The largest absolute Gasteiger partial charge is 0.480 e. The molecule has 19 heavy (non-hydrogen) atoms. The first-order valence-electron chi connectivity index (χ1n) is 5.51. The molecule has 0 heterocycles. The summed E-state index contributed by atoms with van der Waals surface area (Å²) >= 11 is 0. The molecular formula is C12H14N2O5. The zero-order valence-electron chi connectivity index (χ0n) is 10.00. The molecule has 1 aromatic carbocycles. The number of carbonyl (C=O) groups excluding carboxylic acids is 1. The topological polar surface area (TPSA) is 130 Å². The maximum atomic E-state index is 11.5. The molecule has 0 bridgehead atoms. The molecule has 1 amide bonds. The van der Waals surface area contributed by atoms with Gasteiger partial charge in [-0.1, -0.05) is 0 Å². The Morgan fingerprint density at radius 2 is 1.74 bits per heavy atom. The first kappa shape index (κ1) is 14.7. The van der Waals surface area contributed by atoms with Gasteiger partial charge in [-0.05, 0) is 30.7 Å². The van der Waals surface area contributed by atoms with Crippen molar-refractivity contribution < 1.29 is 24.6 Å². The molecule has 0 spiro atoms. The van der Waals surface area contributed by atoms with Crippen LogP contribution < -0.4 is 11.1 Å². The number of carboxylic acids is 2. The Kier molecular flexibility index (Phi) is 5.01. The van der Waals surface area contributed by atoms with Gasteiger partial charge in [0, 0.05) is 12.1 Å². The van der Waals surface area contributed by atoms with E-state index in [1.165, 1.54) is 24.3 Å². The lowest BCUT2D eigenvalue weighted by atomic mass is 10.1. The van der Waals surface area contributed by atoms with Crippen LogP contribution in [0.1, 0.15) is 23.2 Å². The number of hydrogen-bond donors (Lipinski definition) is 4. The van der Waals surface area contributed by atoms with E-state index in [1.807, 2.05) is 0 Å². The van der Waals surface area contributed by atoms with Crippen LogP contribution in [-0.4, -0.2) is 34.1 Å². The highest BCUT2D eigenvalue weighted by atomic mass is 16.4. The lowest BCUT2D eigenvalue weighted by Crippen LogP contribution is -2.31. The Morgan fingerprint density at radius 1 is 1.16 bits per heavy atom. The Bertz CT molecular complexity index is 483. The number of amides is 1. The molecule has 0 aliphatic rings. The first-order valence-corrected chi connectivity index (χ1v) is 5.51. The van der Waals surface area contributed by atoms with Gasteiger partial charge >= 0.3 is 11.9 Å². The Hall–Kier alpha value is -2.41. The SMILES string of the molecule is N[C@@H](CCC(=O)Nc1ccc(C(=O)O)cc1)C(=O)O. The van der Waals surface area contributed by atoms with Crippen LogP contribution >= 0.6 is 0 Å². The minimum absolute atomic E-state index is 0.0197. The quantitative estimate of drug-likeness (QED) is 0.593. The predicted molar refractivity (Wildman–Crippen MR) is 66.9 cm³/mol. The van der Waals surface area contributed by atoms with Gasteiger partial charge in [-0.2, -0.15) is 0 Å². The second-order valence-corrected chi connectivity index (χ2v) is 3.91. The molecule has 0 saturated carbocycles. The number of carbonyl (C=O) groups is 3. The van der Waals surface area contributed by atoms with Gasteiger partial charge < -0.3 is 21.3 Å². The van der Waals surface area contributed by atoms with Crippen molar-refractivity contribution in [1.82, 2.24) is 0 Å². The first-order chi connectivity index (χ1) is 8.90. The molecule has 1 aromatic rings. The Balaban J connectivity index is 2.48. The molecule has 0 fully saturated rings. The van der Waals surface area contributed by atoms with E-state index in [0.29, 0.717) is 5.69 Å². The number of rotatable bonds is 6. The number of aromatic carboxylic acids is 1. The van der Waals surface area contributed by atoms with Crippen molar-refractivity contribution in [2.24, 2.45) is 5.73 Å². The van der Waals surface area contributed by atoms with Crippen molar-refractivity contribution >= 4 is 23.5 Å². The standard InChI is InChI=1S/C12H14N2O5/c13-9(12(18)19)5-6-10(15)14-8-3-1-7(2-4-8)11(16)17/h1-4,9H,5-6,13H2,(H,14,15)(H,16,17)(H,18,19)/t9-/m0/s1. The van der Waals surface area contributed by atoms with Crippen molar-refractivity contribution in [1.29, 1.82) is 0 Å². The summed E-state index contributed by atoms with van der Waals surface area (Å²) in [6.07, 6.45) is 0.0164. The van der Waals surface area contributed by atoms with Gasteiger partial charge in [0.1, 0.15) is 6.04 Å². The fraction of sp³-hybridized carbons (Fsp3) is 0.250. The van der Waals surface area contributed by atoms with E-state index >= 15 is 0 Å². The molecule has 1 atom stereocenters. The van der Waals surface area contributed by atoms with Crippen LogP contribution in [0.5, 0.6) is 0 Å². The minimum atomic E-state index is -1.15. The summed E-state index contributed by atoms with van der Waals surface area (Å²) in [7, 11) is 0. The highest BCUT2D eigenvalue weighted by Crippen LogP contribution is 2.10. The fourth-order valence-corrected chi connectivity index (χ4v) is 1.33. The molecule has 0 aromatic heterocycles. The molecule has 0 aliphatic heterocycles. The second kappa shape index (κ2) is 6.50. The van der Waals surface area contributed by atoms with Gasteiger partial charge in [0.15, 0.2) is 0 Å². The van der Waals surface area contributed by atoms with Gasteiger partial charge in [0.2, 0.25) is 5.91 Å². The summed E-state index contributed by atoms with van der Waals surface area (Å²) in [4.78, 5) is 32.6. The molecule has 0 saturated heterocycles. The summed E-state index contributed by atoms with van der Waals surface area (Å²) in [5, 5.41) is 19.8. The van der Waals surface area contributed by atoms with Gasteiger partial charge in [-0.25, -0.2) is 4.79 Å². The molecule has 0 radical (unpaired) electrons. The van der Waals surface area contributed by atoms with E-state index in [9.17, 15) is 14.4 Å². The van der Waals surface area contributed by atoms with Crippen LogP contribution in [-0.2, 0) is 9.59 Å². The Labute approximate surface area is 109 Å². The van der Waals surface area contributed by atoms with Gasteiger partial charge in [-0.3, -0.25) is 9.59 Å². The van der Waals surface area contributed by atoms with Crippen LogP contribution in [0.3, 0.4) is 0 Å². The summed E-state index contributed by atoms with van der Waals surface area (Å²) < 4.78 is 0. The van der Waals surface area contributed by atoms with Crippen molar-refractivity contribution in [2.45, 2.75) is 18.9 Å². The number of nitrogens with one attached hydrogen (secondary N) is 1. The number of benzene rings is 1. The molecule has 7 heteroatoms. The van der Waals surface area contributed by atoms with E-state index in [-0.39, 0.29) is 24.3 Å².